The van der Waals surface area contributed by atoms with Gasteiger partial charge in [0.2, 0.25) is 0 Å². The first kappa shape index (κ1) is 7.52. The van der Waals surface area contributed by atoms with Crippen molar-refractivity contribution in [2.75, 3.05) is 0 Å². The van der Waals surface area contributed by atoms with Crippen LogP contribution >= 0.6 is 0 Å². The van der Waals surface area contributed by atoms with E-state index in [-0.39, 0.29) is 0 Å². The van der Waals surface area contributed by atoms with Crippen LogP contribution in [0.2, 0.25) is 0 Å². The molecule has 0 N–H and O–H groups in total. The summed E-state index contributed by atoms with van der Waals surface area (Å²) in [7, 11) is 0. The second-order valence-electron chi connectivity index (χ2n) is 3.27. The Morgan fingerprint density at radius 1 is 1.50 bits per heavy atom. The normalized spacial score (nSPS) is 22.9. The molecule has 0 saturated heterocycles. The molecule has 1 heterocycles. The first-order valence-electron chi connectivity index (χ1n) is 3.99. The molecule has 0 bridgehead atoms. The van der Waals surface area contributed by atoms with Gasteiger partial charge in [0.15, 0.2) is 0 Å². The van der Waals surface area contributed by atoms with E-state index in [0.29, 0.717) is 5.92 Å². The maximum Gasteiger partial charge on any atom is 0.0230 e. The van der Waals surface area contributed by atoms with Crippen LogP contribution in [-0.4, -0.2) is 6.21 Å². The van der Waals surface area contributed by atoms with E-state index in [4.69, 9.17) is 0 Å². The number of hydrogen-bond donors (Lipinski definition) is 0. The summed E-state index contributed by atoms with van der Waals surface area (Å²) in [6.45, 7) is 4.52. The van der Waals surface area contributed by atoms with Crippen LogP contribution < -0.4 is 0 Å². The average molecular weight is 137 g/mol. The Morgan fingerprint density at radius 3 is 2.80 bits per heavy atom. The number of hydrogen-bond acceptors (Lipinski definition) is 1. The van der Waals surface area contributed by atoms with E-state index >= 15 is 0 Å². The van der Waals surface area contributed by atoms with Gasteiger partial charge in [-0.2, -0.15) is 0 Å². The molecule has 0 spiro atoms. The van der Waals surface area contributed by atoms with E-state index in [2.05, 4.69) is 24.9 Å². The van der Waals surface area contributed by atoms with Crippen molar-refractivity contribution in [2.45, 2.75) is 26.7 Å². The predicted octanol–water partition coefficient (Wildman–Crippen LogP) is 2.64. The van der Waals surface area contributed by atoms with E-state index < -0.39 is 0 Å². The van der Waals surface area contributed by atoms with Gasteiger partial charge in [0.05, 0.1) is 0 Å². The average Bonchev–Trinajstić information content (AvgIpc) is 2.34. The molecule has 0 aromatic heterocycles. The Morgan fingerprint density at radius 2 is 2.30 bits per heavy atom. The summed E-state index contributed by atoms with van der Waals surface area (Å²) in [5.41, 5.74) is 0. The van der Waals surface area contributed by atoms with Crippen molar-refractivity contribution in [2.24, 2.45) is 16.8 Å². The van der Waals surface area contributed by atoms with Crippen molar-refractivity contribution in [3.8, 4) is 0 Å². The molecule has 0 aliphatic carbocycles. The smallest absolute Gasteiger partial charge is 0.0230 e. The maximum absolute atomic E-state index is 4.04. The van der Waals surface area contributed by atoms with Crippen LogP contribution in [0.1, 0.15) is 26.7 Å². The Hall–Kier alpha value is -0.590. The summed E-state index contributed by atoms with van der Waals surface area (Å²) in [4.78, 5) is 4.04. The summed E-state index contributed by atoms with van der Waals surface area (Å²) >= 11 is 0. The van der Waals surface area contributed by atoms with Gasteiger partial charge in [-0.25, -0.2) is 0 Å². The van der Waals surface area contributed by atoms with Gasteiger partial charge in [-0.3, -0.25) is 4.99 Å². The highest BCUT2D eigenvalue weighted by atomic mass is 14.7. The lowest BCUT2D eigenvalue weighted by atomic mass is 10.00. The van der Waals surface area contributed by atoms with Crippen molar-refractivity contribution >= 4 is 6.21 Å². The lowest BCUT2D eigenvalue weighted by Gasteiger charge is -2.05. The SMILES string of the molecule is CC(C)CCC1C=CN=C1. The van der Waals surface area contributed by atoms with Gasteiger partial charge in [-0.15, -0.1) is 0 Å². The number of nitrogens with zero attached hydrogens (tertiary/aromatic N) is 1. The van der Waals surface area contributed by atoms with Gasteiger partial charge < -0.3 is 0 Å². The molecule has 1 rings (SSSR count). The lowest BCUT2D eigenvalue weighted by molar-refractivity contribution is 0.537. The van der Waals surface area contributed by atoms with Gasteiger partial charge in [-0.1, -0.05) is 26.3 Å². The Kier molecular flexibility index (Phi) is 2.67. The zero-order valence-corrected chi connectivity index (χ0v) is 6.75. The Labute approximate surface area is 62.9 Å². The summed E-state index contributed by atoms with van der Waals surface area (Å²) in [5, 5.41) is 0. The van der Waals surface area contributed by atoms with Crippen molar-refractivity contribution in [3.05, 3.63) is 12.3 Å². The fourth-order valence-electron chi connectivity index (χ4n) is 1.07. The highest BCUT2D eigenvalue weighted by Crippen LogP contribution is 2.14. The zero-order valence-electron chi connectivity index (χ0n) is 6.75. The third kappa shape index (κ3) is 2.34. The standard InChI is InChI=1S/C9H15N/c1-8(2)3-4-9-5-6-10-7-9/h5-9H,3-4H2,1-2H3. The minimum atomic E-state index is 0.627. The quantitative estimate of drug-likeness (QED) is 0.567. The first-order chi connectivity index (χ1) is 4.79. The molecule has 1 atom stereocenters. The van der Waals surface area contributed by atoms with Gasteiger partial charge in [0, 0.05) is 18.3 Å². The highest BCUT2D eigenvalue weighted by molar-refractivity contribution is 5.66. The van der Waals surface area contributed by atoms with Gasteiger partial charge in [0.25, 0.3) is 0 Å². The van der Waals surface area contributed by atoms with Crippen LogP contribution in [0, 0.1) is 11.8 Å². The van der Waals surface area contributed by atoms with Crippen LogP contribution in [0.5, 0.6) is 0 Å². The van der Waals surface area contributed by atoms with E-state index in [1.165, 1.54) is 12.8 Å². The van der Waals surface area contributed by atoms with Crippen LogP contribution in [-0.2, 0) is 0 Å². The zero-order chi connectivity index (χ0) is 7.40. The summed E-state index contributed by atoms with van der Waals surface area (Å²) < 4.78 is 0. The molecule has 0 amide bonds. The molecule has 10 heavy (non-hydrogen) atoms. The third-order valence-electron chi connectivity index (χ3n) is 1.77. The molecule has 1 heteroatoms. The van der Waals surface area contributed by atoms with E-state index in [0.717, 1.165) is 5.92 Å². The van der Waals surface area contributed by atoms with Crippen LogP contribution in [0.3, 0.4) is 0 Å². The molecule has 0 aromatic rings. The molecule has 0 fully saturated rings. The molecule has 1 aliphatic heterocycles. The largest absolute Gasteiger partial charge is 0.269 e. The number of aliphatic imine (C=N–C) groups is 1. The van der Waals surface area contributed by atoms with Crippen molar-refractivity contribution in [1.82, 2.24) is 0 Å². The van der Waals surface area contributed by atoms with Crippen molar-refractivity contribution in [3.63, 3.8) is 0 Å². The second kappa shape index (κ2) is 3.55. The molecule has 0 aromatic carbocycles. The van der Waals surface area contributed by atoms with Crippen molar-refractivity contribution < 1.29 is 0 Å². The molecular weight excluding hydrogens is 122 g/mol. The Bertz CT molecular complexity index is 133. The minimum Gasteiger partial charge on any atom is -0.269 e. The van der Waals surface area contributed by atoms with Crippen LogP contribution in [0.25, 0.3) is 0 Å². The fraction of sp³-hybridized carbons (Fsp3) is 0.667. The molecule has 0 radical (unpaired) electrons. The highest BCUT2D eigenvalue weighted by Gasteiger charge is 2.04. The van der Waals surface area contributed by atoms with E-state index in [1.54, 1.807) is 0 Å². The summed E-state index contributed by atoms with van der Waals surface area (Å²) in [6.07, 6.45) is 8.66. The van der Waals surface area contributed by atoms with Crippen molar-refractivity contribution in [1.29, 1.82) is 0 Å². The molecule has 1 aliphatic rings. The number of rotatable bonds is 3. The molecule has 1 nitrogen and oxygen atoms in total. The predicted molar refractivity (Wildman–Crippen MR) is 45.2 cm³/mol. The molecular formula is C9H15N. The molecule has 0 saturated carbocycles. The van der Waals surface area contributed by atoms with E-state index in [1.807, 2.05) is 12.4 Å². The van der Waals surface area contributed by atoms with Gasteiger partial charge in [0.1, 0.15) is 0 Å². The topological polar surface area (TPSA) is 12.4 Å². The summed E-state index contributed by atoms with van der Waals surface area (Å²) in [6, 6.07) is 0. The molecule has 1 unspecified atom stereocenters. The monoisotopic (exact) mass is 137 g/mol. The first-order valence-corrected chi connectivity index (χ1v) is 3.99. The lowest BCUT2D eigenvalue weighted by Crippen LogP contribution is -1.97. The molecule has 56 valence electrons. The van der Waals surface area contributed by atoms with Crippen LogP contribution in [0.4, 0.5) is 0 Å². The minimum absolute atomic E-state index is 0.627. The van der Waals surface area contributed by atoms with Gasteiger partial charge in [-0.05, 0) is 12.3 Å². The second-order valence-corrected chi connectivity index (χ2v) is 3.27. The summed E-state index contributed by atoms with van der Waals surface area (Å²) in [5.74, 6) is 1.45. The number of allylic oxidation sites excluding steroid dienone is 1. The Balaban J connectivity index is 2.14. The van der Waals surface area contributed by atoms with Gasteiger partial charge >= 0.3 is 0 Å². The third-order valence-corrected chi connectivity index (χ3v) is 1.77. The van der Waals surface area contributed by atoms with Crippen LogP contribution in [0.15, 0.2) is 17.3 Å². The fourth-order valence-corrected chi connectivity index (χ4v) is 1.07. The maximum atomic E-state index is 4.04. The van der Waals surface area contributed by atoms with E-state index in [9.17, 15) is 0 Å².